The van der Waals surface area contributed by atoms with Crippen LogP contribution in [0, 0.1) is 5.92 Å². The molecule has 17 heavy (non-hydrogen) atoms. The van der Waals surface area contributed by atoms with Gasteiger partial charge in [0.05, 0.1) is 5.92 Å². The second kappa shape index (κ2) is 5.35. The van der Waals surface area contributed by atoms with Crippen molar-refractivity contribution in [2.45, 2.75) is 18.3 Å². The number of carbonyl (C=O) groups is 1. The fraction of sp³-hybridized carbons (Fsp3) is 0.444. The number of halogens is 3. The van der Waals surface area contributed by atoms with E-state index in [-0.39, 0.29) is 10.9 Å². The van der Waals surface area contributed by atoms with Gasteiger partial charge in [-0.25, -0.2) is 9.97 Å². The Bertz CT molecular complexity index is 411. The van der Waals surface area contributed by atoms with Crippen molar-refractivity contribution in [3.63, 3.8) is 0 Å². The molecular weight excluding hydrogens is 257 g/mol. The van der Waals surface area contributed by atoms with E-state index < -0.39 is 23.8 Å². The molecule has 1 aromatic heterocycles. The number of aliphatic carboxylic acids is 1. The van der Waals surface area contributed by atoms with Crippen LogP contribution in [0.5, 0.6) is 0 Å². The highest BCUT2D eigenvalue weighted by molar-refractivity contribution is 7.99. The molecule has 0 bridgehead atoms. The van der Waals surface area contributed by atoms with Crippen molar-refractivity contribution in [2.75, 3.05) is 5.75 Å². The number of alkyl halides is 3. The summed E-state index contributed by atoms with van der Waals surface area (Å²) in [4.78, 5) is 17.5. The molecule has 0 amide bonds. The maximum absolute atomic E-state index is 12.3. The standard InChI is InChI=1S/C9H9F3N2O2S/c1-5(7(15)16)4-17-8-13-3-2-6(14-8)9(10,11)12/h2-3,5H,4H2,1H3,(H,15,16). The fourth-order valence-corrected chi connectivity index (χ4v) is 1.68. The third-order valence-electron chi connectivity index (χ3n) is 1.81. The first-order valence-corrected chi connectivity index (χ1v) is 5.55. The van der Waals surface area contributed by atoms with Gasteiger partial charge in [-0.1, -0.05) is 18.7 Å². The van der Waals surface area contributed by atoms with E-state index in [1.807, 2.05) is 0 Å². The molecule has 1 unspecified atom stereocenters. The lowest BCUT2D eigenvalue weighted by molar-refractivity contribution is -0.142. The Morgan fingerprint density at radius 1 is 1.59 bits per heavy atom. The number of thioether (sulfide) groups is 1. The number of rotatable bonds is 4. The van der Waals surface area contributed by atoms with Crippen molar-refractivity contribution >= 4 is 17.7 Å². The van der Waals surface area contributed by atoms with Crippen LogP contribution in [0.3, 0.4) is 0 Å². The van der Waals surface area contributed by atoms with E-state index in [9.17, 15) is 18.0 Å². The summed E-state index contributed by atoms with van der Waals surface area (Å²) in [7, 11) is 0. The third-order valence-corrected chi connectivity index (χ3v) is 2.93. The maximum Gasteiger partial charge on any atom is 0.433 e. The van der Waals surface area contributed by atoms with E-state index in [0.29, 0.717) is 0 Å². The van der Waals surface area contributed by atoms with Crippen LogP contribution in [0.4, 0.5) is 13.2 Å². The van der Waals surface area contributed by atoms with Gasteiger partial charge in [0.25, 0.3) is 0 Å². The Morgan fingerprint density at radius 3 is 2.76 bits per heavy atom. The quantitative estimate of drug-likeness (QED) is 0.669. The highest BCUT2D eigenvalue weighted by atomic mass is 32.2. The van der Waals surface area contributed by atoms with Crippen LogP contribution in [0.2, 0.25) is 0 Å². The molecule has 1 aromatic rings. The molecule has 0 saturated heterocycles. The Hall–Kier alpha value is -1.31. The van der Waals surface area contributed by atoms with E-state index in [4.69, 9.17) is 5.11 Å². The molecule has 0 fully saturated rings. The van der Waals surface area contributed by atoms with Crippen LogP contribution >= 0.6 is 11.8 Å². The van der Waals surface area contributed by atoms with E-state index >= 15 is 0 Å². The number of carboxylic acid groups (broad SMARTS) is 1. The molecule has 0 aliphatic carbocycles. The summed E-state index contributed by atoms with van der Waals surface area (Å²) in [6.45, 7) is 1.46. The van der Waals surface area contributed by atoms with Crippen molar-refractivity contribution in [1.82, 2.24) is 9.97 Å². The van der Waals surface area contributed by atoms with Crippen molar-refractivity contribution in [1.29, 1.82) is 0 Å². The Labute approximate surface area is 99.3 Å². The SMILES string of the molecule is CC(CSc1nccc(C(F)(F)F)n1)C(=O)O. The van der Waals surface area contributed by atoms with Gasteiger partial charge in [-0.15, -0.1) is 0 Å². The molecule has 0 saturated carbocycles. The predicted molar refractivity (Wildman–Crippen MR) is 54.6 cm³/mol. The number of hydrogen-bond acceptors (Lipinski definition) is 4. The number of nitrogens with zero attached hydrogens (tertiary/aromatic N) is 2. The zero-order valence-corrected chi connectivity index (χ0v) is 9.55. The van der Waals surface area contributed by atoms with Crippen molar-refractivity contribution in [3.8, 4) is 0 Å². The maximum atomic E-state index is 12.3. The van der Waals surface area contributed by atoms with Gasteiger partial charge >= 0.3 is 12.1 Å². The highest BCUT2D eigenvalue weighted by Crippen LogP contribution is 2.28. The number of carboxylic acids is 1. The monoisotopic (exact) mass is 266 g/mol. The van der Waals surface area contributed by atoms with Crippen LogP contribution in [-0.2, 0) is 11.0 Å². The summed E-state index contributed by atoms with van der Waals surface area (Å²) in [6, 6.07) is 0.769. The van der Waals surface area contributed by atoms with E-state index in [0.717, 1.165) is 24.0 Å². The lowest BCUT2D eigenvalue weighted by Crippen LogP contribution is -2.13. The Balaban J connectivity index is 2.70. The number of hydrogen-bond donors (Lipinski definition) is 1. The molecule has 0 aliphatic heterocycles. The summed E-state index contributed by atoms with van der Waals surface area (Å²) in [6.07, 6.45) is -3.51. The Kier molecular flexibility index (Phi) is 4.33. The molecule has 0 aromatic carbocycles. The second-order valence-electron chi connectivity index (χ2n) is 3.27. The van der Waals surface area contributed by atoms with Gasteiger partial charge in [0.2, 0.25) is 0 Å². The fourth-order valence-electron chi connectivity index (χ4n) is 0.839. The topological polar surface area (TPSA) is 63.1 Å². The van der Waals surface area contributed by atoms with Crippen molar-refractivity contribution < 1.29 is 23.1 Å². The summed E-state index contributed by atoms with van der Waals surface area (Å²) in [5, 5.41) is 8.53. The summed E-state index contributed by atoms with van der Waals surface area (Å²) >= 11 is 0.884. The zero-order chi connectivity index (χ0) is 13.1. The molecule has 1 atom stereocenters. The minimum absolute atomic E-state index is 0.0760. The van der Waals surface area contributed by atoms with Gasteiger partial charge in [-0.3, -0.25) is 4.79 Å². The van der Waals surface area contributed by atoms with E-state index in [2.05, 4.69) is 9.97 Å². The van der Waals surface area contributed by atoms with Crippen LogP contribution in [-0.4, -0.2) is 26.8 Å². The van der Waals surface area contributed by atoms with Crippen LogP contribution in [0.1, 0.15) is 12.6 Å². The van der Waals surface area contributed by atoms with Crippen LogP contribution < -0.4 is 0 Å². The second-order valence-corrected chi connectivity index (χ2v) is 4.26. The molecule has 1 N–H and O–H groups in total. The summed E-state index contributed by atoms with van der Waals surface area (Å²) in [5.74, 6) is -1.56. The van der Waals surface area contributed by atoms with Gasteiger partial charge in [-0.05, 0) is 6.07 Å². The first-order valence-electron chi connectivity index (χ1n) is 4.56. The summed E-state index contributed by atoms with van der Waals surface area (Å²) < 4.78 is 36.9. The average Bonchev–Trinajstić information content (AvgIpc) is 2.25. The summed E-state index contributed by atoms with van der Waals surface area (Å²) in [5.41, 5.74) is -1.03. The molecule has 94 valence electrons. The van der Waals surface area contributed by atoms with Gasteiger partial charge in [-0.2, -0.15) is 13.2 Å². The third kappa shape index (κ3) is 4.22. The highest BCUT2D eigenvalue weighted by Gasteiger charge is 2.32. The molecular formula is C9H9F3N2O2S. The van der Waals surface area contributed by atoms with Gasteiger partial charge in [0.15, 0.2) is 5.16 Å². The van der Waals surface area contributed by atoms with E-state index in [1.165, 1.54) is 6.92 Å². The minimum Gasteiger partial charge on any atom is -0.481 e. The molecule has 1 rings (SSSR count). The van der Waals surface area contributed by atoms with Gasteiger partial charge < -0.3 is 5.11 Å². The molecule has 4 nitrogen and oxygen atoms in total. The van der Waals surface area contributed by atoms with Crippen molar-refractivity contribution in [3.05, 3.63) is 18.0 Å². The van der Waals surface area contributed by atoms with E-state index in [1.54, 1.807) is 0 Å². The number of aromatic nitrogens is 2. The lowest BCUT2D eigenvalue weighted by Gasteiger charge is -2.07. The first kappa shape index (κ1) is 13.8. The first-order chi connectivity index (χ1) is 7.80. The van der Waals surface area contributed by atoms with Crippen molar-refractivity contribution in [2.24, 2.45) is 5.92 Å². The van der Waals surface area contributed by atoms with Gasteiger partial charge in [0.1, 0.15) is 5.69 Å². The smallest absolute Gasteiger partial charge is 0.433 e. The molecule has 1 heterocycles. The van der Waals surface area contributed by atoms with Gasteiger partial charge in [0, 0.05) is 11.9 Å². The average molecular weight is 266 g/mol. The predicted octanol–water partition coefficient (Wildman–Crippen LogP) is 2.31. The molecule has 0 radical (unpaired) electrons. The lowest BCUT2D eigenvalue weighted by atomic mass is 10.2. The zero-order valence-electron chi connectivity index (χ0n) is 8.73. The Morgan fingerprint density at radius 2 is 2.24 bits per heavy atom. The van der Waals surface area contributed by atoms with Crippen LogP contribution in [0.15, 0.2) is 17.4 Å². The molecule has 8 heteroatoms. The molecule has 0 aliphatic rings. The normalized spacial score (nSPS) is 13.4. The largest absolute Gasteiger partial charge is 0.481 e. The molecule has 0 spiro atoms. The van der Waals surface area contributed by atoms with Crippen LogP contribution in [0.25, 0.3) is 0 Å². The minimum atomic E-state index is -4.52.